The molecule has 4 rings (SSSR count). The minimum Gasteiger partial charge on any atom is -0.487 e. The quantitative estimate of drug-likeness (QED) is 0.705. The molecular weight excluding hydrogens is 378 g/mol. The van der Waals surface area contributed by atoms with Crippen molar-refractivity contribution >= 4 is 5.91 Å². The lowest BCUT2D eigenvalue weighted by molar-refractivity contribution is -0.124. The maximum absolute atomic E-state index is 12.7. The molecule has 1 aliphatic heterocycles. The van der Waals surface area contributed by atoms with Crippen LogP contribution in [0, 0.1) is 27.7 Å². The van der Waals surface area contributed by atoms with E-state index in [4.69, 9.17) is 4.74 Å². The maximum Gasteiger partial charge on any atom is 0.244 e. The van der Waals surface area contributed by atoms with E-state index in [1.54, 1.807) is 4.68 Å². The molecule has 0 spiro atoms. The molecule has 1 N–H and O–H groups in total. The Morgan fingerprint density at radius 2 is 1.90 bits per heavy atom. The summed E-state index contributed by atoms with van der Waals surface area (Å²) in [4.78, 5) is 21.8. The van der Waals surface area contributed by atoms with Gasteiger partial charge in [-0.25, -0.2) is 9.97 Å². The van der Waals surface area contributed by atoms with Gasteiger partial charge in [-0.1, -0.05) is 12.1 Å². The number of carbonyl (C=O) groups is 1. The van der Waals surface area contributed by atoms with Crippen LogP contribution in [0.1, 0.15) is 41.3 Å². The standard InChI is InChI=1S/C23H27N5O2/c1-13-9-14(2)26-22(25-13)20-8-6-7-18-11-19(30-21(18)20)12-24-23(29)17(5)28-16(4)10-15(3)27-28/h6-10,17,19H,11-12H2,1-5H3,(H,24,29). The lowest BCUT2D eigenvalue weighted by atomic mass is 10.1. The van der Waals surface area contributed by atoms with Gasteiger partial charge >= 0.3 is 0 Å². The van der Waals surface area contributed by atoms with Crippen molar-refractivity contribution in [2.45, 2.75) is 53.2 Å². The molecule has 1 amide bonds. The van der Waals surface area contributed by atoms with Crippen molar-refractivity contribution in [1.29, 1.82) is 0 Å². The van der Waals surface area contributed by atoms with Crippen molar-refractivity contribution < 1.29 is 9.53 Å². The first-order chi connectivity index (χ1) is 14.3. The third-order valence-electron chi connectivity index (χ3n) is 5.35. The van der Waals surface area contributed by atoms with Gasteiger partial charge in [-0.15, -0.1) is 0 Å². The van der Waals surface area contributed by atoms with Crippen LogP contribution in [0.25, 0.3) is 11.4 Å². The summed E-state index contributed by atoms with van der Waals surface area (Å²) in [7, 11) is 0. The molecule has 0 aliphatic carbocycles. The van der Waals surface area contributed by atoms with E-state index >= 15 is 0 Å². The molecule has 2 unspecified atom stereocenters. The van der Waals surface area contributed by atoms with Gasteiger partial charge in [-0.05, 0) is 58.4 Å². The molecule has 0 bridgehead atoms. The van der Waals surface area contributed by atoms with Crippen LogP contribution in [0.2, 0.25) is 0 Å². The van der Waals surface area contributed by atoms with Gasteiger partial charge in [0.05, 0.1) is 17.8 Å². The third kappa shape index (κ3) is 3.92. The smallest absolute Gasteiger partial charge is 0.244 e. The lowest BCUT2D eigenvalue weighted by Crippen LogP contribution is -2.38. The zero-order valence-electron chi connectivity index (χ0n) is 18.1. The average Bonchev–Trinajstić information content (AvgIpc) is 3.26. The number of para-hydroxylation sites is 1. The summed E-state index contributed by atoms with van der Waals surface area (Å²) >= 11 is 0. The number of rotatable bonds is 5. The van der Waals surface area contributed by atoms with Crippen molar-refractivity contribution in [2.75, 3.05) is 6.54 Å². The fourth-order valence-electron chi connectivity index (χ4n) is 3.99. The number of hydrogen-bond acceptors (Lipinski definition) is 5. The Bertz CT molecular complexity index is 1080. The molecule has 7 nitrogen and oxygen atoms in total. The predicted octanol–water partition coefficient (Wildman–Crippen LogP) is 3.25. The molecule has 1 aliphatic rings. The fourth-order valence-corrected chi connectivity index (χ4v) is 3.99. The molecule has 1 aromatic carbocycles. The van der Waals surface area contributed by atoms with Gasteiger partial charge in [0.25, 0.3) is 0 Å². The second-order valence-corrected chi connectivity index (χ2v) is 8.00. The van der Waals surface area contributed by atoms with E-state index < -0.39 is 0 Å². The second-order valence-electron chi connectivity index (χ2n) is 8.00. The number of aryl methyl sites for hydroxylation is 4. The van der Waals surface area contributed by atoms with E-state index in [2.05, 4.69) is 26.4 Å². The Kier molecular flexibility index (Phi) is 5.28. The first-order valence-corrected chi connectivity index (χ1v) is 10.2. The first-order valence-electron chi connectivity index (χ1n) is 10.2. The molecule has 2 aromatic heterocycles. The molecule has 3 aromatic rings. The molecule has 0 saturated heterocycles. The van der Waals surface area contributed by atoms with Gasteiger partial charge in [0.15, 0.2) is 5.82 Å². The normalized spacial score (nSPS) is 16.1. The molecular formula is C23H27N5O2. The van der Waals surface area contributed by atoms with Crippen LogP contribution < -0.4 is 10.1 Å². The number of fused-ring (bicyclic) bond motifs is 1. The Morgan fingerprint density at radius 3 is 2.57 bits per heavy atom. The van der Waals surface area contributed by atoms with Crippen molar-refractivity contribution in [3.05, 3.63) is 58.7 Å². The predicted molar refractivity (Wildman–Crippen MR) is 114 cm³/mol. The Balaban J connectivity index is 1.45. The lowest BCUT2D eigenvalue weighted by Gasteiger charge is -2.17. The second kappa shape index (κ2) is 7.89. The molecule has 0 radical (unpaired) electrons. The molecule has 2 atom stereocenters. The van der Waals surface area contributed by atoms with Crippen LogP contribution in [0.5, 0.6) is 5.75 Å². The summed E-state index contributed by atoms with van der Waals surface area (Å²) in [5.74, 6) is 1.42. The molecule has 0 saturated carbocycles. The number of carbonyl (C=O) groups excluding carboxylic acids is 1. The number of benzene rings is 1. The summed E-state index contributed by atoms with van der Waals surface area (Å²) in [6.07, 6.45) is 0.617. The van der Waals surface area contributed by atoms with Crippen molar-refractivity contribution in [2.24, 2.45) is 0 Å². The summed E-state index contributed by atoms with van der Waals surface area (Å²) in [5.41, 5.74) is 5.73. The zero-order valence-corrected chi connectivity index (χ0v) is 18.1. The van der Waals surface area contributed by atoms with Crippen molar-refractivity contribution in [3.63, 3.8) is 0 Å². The number of aromatic nitrogens is 4. The number of nitrogens with one attached hydrogen (secondary N) is 1. The zero-order chi connectivity index (χ0) is 21.4. The van der Waals surface area contributed by atoms with Crippen LogP contribution in [-0.4, -0.2) is 38.3 Å². The maximum atomic E-state index is 12.7. The molecule has 30 heavy (non-hydrogen) atoms. The Morgan fingerprint density at radius 1 is 1.17 bits per heavy atom. The van der Waals surface area contributed by atoms with Crippen LogP contribution in [0.15, 0.2) is 30.3 Å². The number of ether oxygens (including phenoxy) is 1. The highest BCUT2D eigenvalue weighted by Gasteiger charge is 2.28. The fraction of sp³-hybridized carbons (Fsp3) is 0.391. The van der Waals surface area contributed by atoms with Gasteiger partial charge in [0.2, 0.25) is 5.91 Å². The van der Waals surface area contributed by atoms with Crippen LogP contribution >= 0.6 is 0 Å². The van der Waals surface area contributed by atoms with Crippen LogP contribution in [0.4, 0.5) is 0 Å². The summed E-state index contributed by atoms with van der Waals surface area (Å²) in [6, 6.07) is 9.60. The molecule has 156 valence electrons. The van der Waals surface area contributed by atoms with Crippen LogP contribution in [0.3, 0.4) is 0 Å². The van der Waals surface area contributed by atoms with E-state index in [0.29, 0.717) is 12.4 Å². The first kappa shape index (κ1) is 20.1. The van der Waals surface area contributed by atoms with Crippen LogP contribution in [-0.2, 0) is 11.2 Å². The van der Waals surface area contributed by atoms with Gasteiger partial charge in [-0.3, -0.25) is 9.48 Å². The highest BCUT2D eigenvalue weighted by molar-refractivity contribution is 5.80. The Labute approximate surface area is 176 Å². The largest absolute Gasteiger partial charge is 0.487 e. The molecule has 7 heteroatoms. The third-order valence-corrected chi connectivity index (χ3v) is 5.35. The highest BCUT2D eigenvalue weighted by atomic mass is 16.5. The van der Waals surface area contributed by atoms with Crippen molar-refractivity contribution in [3.8, 4) is 17.1 Å². The van der Waals surface area contributed by atoms with E-state index in [-0.39, 0.29) is 18.1 Å². The monoisotopic (exact) mass is 405 g/mol. The Hall–Kier alpha value is -3.22. The molecule has 0 fully saturated rings. The summed E-state index contributed by atoms with van der Waals surface area (Å²) in [5, 5.41) is 7.43. The number of amides is 1. The van der Waals surface area contributed by atoms with Gasteiger partial charge in [0.1, 0.15) is 17.9 Å². The van der Waals surface area contributed by atoms with E-state index in [0.717, 1.165) is 46.1 Å². The molecule has 3 heterocycles. The van der Waals surface area contributed by atoms with Crippen molar-refractivity contribution in [1.82, 2.24) is 25.1 Å². The van der Waals surface area contributed by atoms with E-state index in [1.807, 2.05) is 58.9 Å². The van der Waals surface area contributed by atoms with E-state index in [1.165, 1.54) is 0 Å². The number of hydrogen-bond donors (Lipinski definition) is 1. The van der Waals surface area contributed by atoms with Gasteiger partial charge in [-0.2, -0.15) is 5.10 Å². The summed E-state index contributed by atoms with van der Waals surface area (Å²) in [6.45, 7) is 10.1. The minimum absolute atomic E-state index is 0.0707. The van der Waals surface area contributed by atoms with Gasteiger partial charge < -0.3 is 10.1 Å². The summed E-state index contributed by atoms with van der Waals surface area (Å²) < 4.78 is 7.97. The highest BCUT2D eigenvalue weighted by Crippen LogP contribution is 2.37. The topological polar surface area (TPSA) is 81.9 Å². The number of nitrogens with zero attached hydrogens (tertiary/aromatic N) is 4. The average molecular weight is 406 g/mol. The van der Waals surface area contributed by atoms with E-state index in [9.17, 15) is 4.79 Å². The SMILES string of the molecule is Cc1cc(C)nc(-c2cccc3c2OC(CNC(=O)C(C)n2nc(C)cc2C)C3)n1. The minimum atomic E-state index is -0.373. The van der Waals surface area contributed by atoms with Gasteiger partial charge in [0, 0.05) is 23.5 Å².